The number of carbonyl (C=O) groups excluding carboxylic acids is 1. The van der Waals surface area contributed by atoms with Gasteiger partial charge in [-0.15, -0.1) is 0 Å². The van der Waals surface area contributed by atoms with Crippen LogP contribution in [0.5, 0.6) is 0 Å². The quantitative estimate of drug-likeness (QED) is 0.751. The Morgan fingerprint density at radius 2 is 2.33 bits per heavy atom. The summed E-state index contributed by atoms with van der Waals surface area (Å²) in [4.78, 5) is 11.3. The summed E-state index contributed by atoms with van der Waals surface area (Å²) < 4.78 is 6.34. The number of nitrogens with zero attached hydrogens (tertiary/aromatic N) is 2. The van der Waals surface area contributed by atoms with E-state index in [1.54, 1.807) is 27.0 Å². The van der Waals surface area contributed by atoms with Gasteiger partial charge in [0.15, 0.2) is 0 Å². The summed E-state index contributed by atoms with van der Waals surface area (Å²) in [6, 6.07) is 0. The topological polar surface area (TPSA) is 64.3 Å². The zero-order valence-electron chi connectivity index (χ0n) is 9.23. The van der Waals surface area contributed by atoms with E-state index in [2.05, 4.69) is 5.10 Å². The fourth-order valence-electron chi connectivity index (χ4n) is 1.17. The molecule has 0 bridgehead atoms. The normalized spacial score (nSPS) is 11.5. The Kier molecular flexibility index (Phi) is 3.47. The highest BCUT2D eigenvalue weighted by molar-refractivity contribution is 5.88. The van der Waals surface area contributed by atoms with Gasteiger partial charge in [0, 0.05) is 6.20 Å². The van der Waals surface area contributed by atoms with Crippen LogP contribution in [0, 0.1) is 0 Å². The van der Waals surface area contributed by atoms with Crippen molar-refractivity contribution in [3.8, 4) is 0 Å². The lowest BCUT2D eigenvalue weighted by atomic mass is 10.1. The maximum absolute atomic E-state index is 11.3. The number of aliphatic hydroxyl groups is 1. The lowest BCUT2D eigenvalue weighted by Gasteiger charge is -2.16. The average molecular weight is 212 g/mol. The van der Waals surface area contributed by atoms with Crippen LogP contribution in [0.1, 0.15) is 31.1 Å². The molecular weight excluding hydrogens is 196 g/mol. The predicted octanol–water partition coefficient (Wildman–Crippen LogP) is 0.831. The third-order valence-corrected chi connectivity index (χ3v) is 1.69. The van der Waals surface area contributed by atoms with Crippen molar-refractivity contribution < 1.29 is 14.6 Å². The van der Waals surface area contributed by atoms with Gasteiger partial charge in [-0.1, -0.05) is 0 Å². The molecule has 0 saturated carbocycles. The fourth-order valence-corrected chi connectivity index (χ4v) is 1.17. The highest BCUT2D eigenvalue weighted by Gasteiger charge is 2.16. The second-order valence-electron chi connectivity index (χ2n) is 3.96. The van der Waals surface area contributed by atoms with E-state index in [0.29, 0.717) is 18.7 Å². The molecule has 0 aliphatic carbocycles. The molecule has 0 fully saturated rings. The average Bonchev–Trinajstić information content (AvgIpc) is 2.50. The predicted molar refractivity (Wildman–Crippen MR) is 54.5 cm³/mol. The molecule has 1 heterocycles. The molecule has 0 aliphatic heterocycles. The third kappa shape index (κ3) is 3.71. The first kappa shape index (κ1) is 11.7. The second-order valence-corrected chi connectivity index (χ2v) is 3.96. The number of rotatable bonds is 4. The van der Waals surface area contributed by atoms with Crippen LogP contribution in [-0.2, 0) is 11.3 Å². The van der Waals surface area contributed by atoms with Gasteiger partial charge in [0.05, 0.1) is 30.5 Å². The van der Waals surface area contributed by atoms with E-state index in [9.17, 15) is 9.90 Å². The van der Waals surface area contributed by atoms with E-state index >= 15 is 0 Å². The van der Waals surface area contributed by atoms with E-state index in [1.807, 2.05) is 0 Å². The third-order valence-electron chi connectivity index (χ3n) is 1.69. The molecule has 1 aromatic rings. The molecule has 0 spiro atoms. The number of ether oxygens (including phenoxy) is 1. The zero-order chi connectivity index (χ0) is 11.5. The van der Waals surface area contributed by atoms with Crippen molar-refractivity contribution in [1.82, 2.24) is 9.78 Å². The summed E-state index contributed by atoms with van der Waals surface area (Å²) in [5.41, 5.74) is -0.445. The second kappa shape index (κ2) is 4.44. The summed E-state index contributed by atoms with van der Waals surface area (Å²) in [5.74, 6) is -0.389. The van der Waals surface area contributed by atoms with E-state index < -0.39 is 5.60 Å². The lowest BCUT2D eigenvalue weighted by molar-refractivity contribution is 0.0517. The van der Waals surface area contributed by atoms with Crippen molar-refractivity contribution in [2.45, 2.75) is 32.9 Å². The van der Waals surface area contributed by atoms with Gasteiger partial charge < -0.3 is 9.84 Å². The van der Waals surface area contributed by atoms with E-state index in [-0.39, 0.29) is 5.97 Å². The molecule has 0 atom stereocenters. The molecule has 1 N–H and O–H groups in total. The Morgan fingerprint density at radius 1 is 1.67 bits per heavy atom. The van der Waals surface area contributed by atoms with Crippen LogP contribution in [0.3, 0.4) is 0 Å². The number of carbonyl (C=O) groups is 1. The molecule has 1 rings (SSSR count). The van der Waals surface area contributed by atoms with Gasteiger partial charge >= 0.3 is 5.97 Å². The van der Waals surface area contributed by atoms with E-state index in [1.165, 1.54) is 10.9 Å². The van der Waals surface area contributed by atoms with Crippen molar-refractivity contribution in [3.63, 3.8) is 0 Å². The van der Waals surface area contributed by atoms with E-state index in [0.717, 1.165) is 0 Å². The zero-order valence-corrected chi connectivity index (χ0v) is 9.23. The Bertz CT molecular complexity index is 339. The summed E-state index contributed by atoms with van der Waals surface area (Å²) in [7, 11) is 0. The number of hydrogen-bond acceptors (Lipinski definition) is 4. The minimum absolute atomic E-state index is 0.340. The first-order valence-electron chi connectivity index (χ1n) is 4.84. The Morgan fingerprint density at radius 3 is 2.87 bits per heavy atom. The van der Waals surface area contributed by atoms with Crippen LogP contribution in [0.15, 0.2) is 12.4 Å². The molecule has 0 amide bonds. The molecule has 0 aromatic carbocycles. The summed E-state index contributed by atoms with van der Waals surface area (Å²) in [6.07, 6.45) is 3.00. The SMILES string of the molecule is CCOC(=O)c1cnn(CC(C)(C)O)c1. The molecule has 84 valence electrons. The Hall–Kier alpha value is -1.36. The van der Waals surface area contributed by atoms with Gasteiger partial charge in [-0.3, -0.25) is 4.68 Å². The van der Waals surface area contributed by atoms with Gasteiger partial charge in [-0.25, -0.2) is 4.79 Å². The molecule has 0 radical (unpaired) electrons. The molecule has 0 unspecified atom stereocenters. The summed E-state index contributed by atoms with van der Waals surface area (Å²) in [5, 5.41) is 13.5. The van der Waals surface area contributed by atoms with Crippen LogP contribution in [-0.4, -0.2) is 33.1 Å². The monoisotopic (exact) mass is 212 g/mol. The maximum atomic E-state index is 11.3. The van der Waals surface area contributed by atoms with Gasteiger partial charge in [-0.05, 0) is 20.8 Å². The van der Waals surface area contributed by atoms with Crippen molar-refractivity contribution >= 4 is 5.97 Å². The van der Waals surface area contributed by atoms with Crippen LogP contribution in [0.25, 0.3) is 0 Å². The number of esters is 1. The lowest BCUT2D eigenvalue weighted by Crippen LogP contribution is -2.26. The Labute approximate surface area is 88.7 Å². The van der Waals surface area contributed by atoms with E-state index in [4.69, 9.17) is 4.74 Å². The van der Waals surface area contributed by atoms with Crippen LogP contribution in [0.4, 0.5) is 0 Å². The largest absolute Gasteiger partial charge is 0.462 e. The molecule has 1 aromatic heterocycles. The minimum Gasteiger partial charge on any atom is -0.462 e. The first-order valence-corrected chi connectivity index (χ1v) is 4.84. The van der Waals surface area contributed by atoms with Crippen molar-refractivity contribution in [2.75, 3.05) is 6.61 Å². The number of hydrogen-bond donors (Lipinski definition) is 1. The molecular formula is C10H16N2O3. The molecule has 15 heavy (non-hydrogen) atoms. The van der Waals surface area contributed by atoms with Crippen molar-refractivity contribution in [3.05, 3.63) is 18.0 Å². The summed E-state index contributed by atoms with van der Waals surface area (Å²) in [6.45, 7) is 5.79. The van der Waals surface area contributed by atoms with Crippen LogP contribution >= 0.6 is 0 Å². The van der Waals surface area contributed by atoms with Gasteiger partial charge in [0.1, 0.15) is 0 Å². The highest BCUT2D eigenvalue weighted by Crippen LogP contribution is 2.07. The standard InChI is InChI=1S/C10H16N2O3/c1-4-15-9(13)8-5-11-12(6-8)7-10(2,3)14/h5-6,14H,4,7H2,1-3H3. The van der Waals surface area contributed by atoms with Crippen LogP contribution < -0.4 is 0 Å². The van der Waals surface area contributed by atoms with Gasteiger partial charge in [0.25, 0.3) is 0 Å². The fraction of sp³-hybridized carbons (Fsp3) is 0.600. The highest BCUT2D eigenvalue weighted by atomic mass is 16.5. The van der Waals surface area contributed by atoms with Crippen LogP contribution in [0.2, 0.25) is 0 Å². The minimum atomic E-state index is -0.849. The molecule has 0 saturated heterocycles. The van der Waals surface area contributed by atoms with Crippen molar-refractivity contribution in [2.24, 2.45) is 0 Å². The van der Waals surface area contributed by atoms with Gasteiger partial charge in [-0.2, -0.15) is 5.10 Å². The maximum Gasteiger partial charge on any atom is 0.341 e. The smallest absolute Gasteiger partial charge is 0.341 e. The Balaban J connectivity index is 2.68. The molecule has 0 aliphatic rings. The first-order chi connectivity index (χ1) is 6.92. The van der Waals surface area contributed by atoms with Gasteiger partial charge in [0.2, 0.25) is 0 Å². The molecule has 5 nitrogen and oxygen atoms in total. The number of aromatic nitrogens is 2. The molecule has 5 heteroatoms. The summed E-state index contributed by atoms with van der Waals surface area (Å²) >= 11 is 0. The van der Waals surface area contributed by atoms with Crippen molar-refractivity contribution in [1.29, 1.82) is 0 Å².